The number of carbonyl (C=O) groups excluding carboxylic acids is 4. The Morgan fingerprint density at radius 3 is 2.25 bits per heavy atom. The molecule has 0 bridgehead atoms. The van der Waals surface area contributed by atoms with Crippen LogP contribution in [0.15, 0.2) is 0 Å². The SMILES string of the molecule is CC[C@H]1OC(=O)C(C)C(=O)[C@H](C)[C@@H](O[C@@H]2OC(CO)CC(N(C)C)C2C)[C@](C)(OC)C[C@@H](C)CN(C(=O)OC(C)(C)C)[C@H](C)[C@H]2NC(=O)O[C@@]21C. The van der Waals surface area contributed by atoms with E-state index in [0.29, 0.717) is 12.8 Å². The molecule has 51 heavy (non-hydrogen) atoms. The second-order valence-electron chi connectivity index (χ2n) is 16.6. The summed E-state index contributed by atoms with van der Waals surface area (Å²) in [4.78, 5) is 58.5. The average molecular weight is 728 g/mol. The Labute approximate surface area is 304 Å². The predicted molar refractivity (Wildman–Crippen MR) is 189 cm³/mol. The first-order valence-electron chi connectivity index (χ1n) is 18.4. The number of amides is 2. The van der Waals surface area contributed by atoms with Crippen molar-refractivity contribution in [2.75, 3.05) is 34.4 Å². The summed E-state index contributed by atoms with van der Waals surface area (Å²) < 4.78 is 37.1. The van der Waals surface area contributed by atoms with Crippen LogP contribution < -0.4 is 5.32 Å². The number of rotatable bonds is 6. The van der Waals surface area contributed by atoms with Crippen LogP contribution in [0.3, 0.4) is 0 Å². The number of Topliss-reactive ketones (excluding diaryl/α,β-unsaturated/α-hetero) is 1. The first-order valence-corrected chi connectivity index (χ1v) is 18.4. The number of nitrogens with zero attached hydrogens (tertiary/aromatic N) is 2. The van der Waals surface area contributed by atoms with Crippen LogP contribution >= 0.6 is 0 Å². The highest BCUT2D eigenvalue weighted by Crippen LogP contribution is 2.39. The summed E-state index contributed by atoms with van der Waals surface area (Å²) in [5, 5.41) is 13.0. The fourth-order valence-corrected chi connectivity index (χ4v) is 8.18. The van der Waals surface area contributed by atoms with Gasteiger partial charge < -0.3 is 48.6 Å². The molecule has 0 saturated carbocycles. The van der Waals surface area contributed by atoms with E-state index in [1.54, 1.807) is 60.5 Å². The van der Waals surface area contributed by atoms with Crippen LogP contribution in [0.2, 0.25) is 0 Å². The minimum absolute atomic E-state index is 0.0224. The molecule has 0 radical (unpaired) electrons. The van der Waals surface area contributed by atoms with Gasteiger partial charge in [0, 0.05) is 31.5 Å². The number of hydrogen-bond donors (Lipinski definition) is 2. The maximum absolute atomic E-state index is 14.3. The van der Waals surface area contributed by atoms with Gasteiger partial charge in [-0.25, -0.2) is 9.59 Å². The Morgan fingerprint density at radius 2 is 1.73 bits per heavy atom. The lowest BCUT2D eigenvalue weighted by Crippen LogP contribution is -2.62. The van der Waals surface area contributed by atoms with E-state index in [9.17, 15) is 24.3 Å². The van der Waals surface area contributed by atoms with Gasteiger partial charge in [0.25, 0.3) is 0 Å². The van der Waals surface area contributed by atoms with Crippen molar-refractivity contribution < 1.29 is 52.7 Å². The third-order valence-electron chi connectivity index (χ3n) is 11.1. The zero-order valence-electron chi connectivity index (χ0n) is 33.3. The zero-order valence-corrected chi connectivity index (χ0v) is 33.3. The Bertz CT molecular complexity index is 1240. The van der Waals surface area contributed by atoms with E-state index in [4.69, 9.17) is 28.4 Å². The third kappa shape index (κ3) is 9.54. The van der Waals surface area contributed by atoms with Crippen molar-refractivity contribution in [2.24, 2.45) is 23.7 Å². The van der Waals surface area contributed by atoms with Gasteiger partial charge in [0.1, 0.15) is 17.6 Å². The largest absolute Gasteiger partial charge is 0.458 e. The van der Waals surface area contributed by atoms with Crippen LogP contribution in [0.4, 0.5) is 9.59 Å². The molecule has 0 aromatic rings. The Balaban J connectivity index is 2.17. The molecule has 3 saturated heterocycles. The van der Waals surface area contributed by atoms with E-state index in [1.807, 2.05) is 34.9 Å². The fourth-order valence-electron chi connectivity index (χ4n) is 8.18. The molecule has 4 unspecified atom stereocenters. The van der Waals surface area contributed by atoms with Crippen molar-refractivity contribution in [2.45, 2.75) is 155 Å². The standard InChI is InChI=1S/C37H65N3O11/c1-15-27-37(11)29(38-33(44)50-37)24(6)40(34(45)51-35(7,8)9)18-20(2)17-36(10,46-14)30(22(4)28(42)23(5)31(43)48-27)49-32-21(3)26(39(12)13)16-25(19-41)47-32/h20-27,29-30,32,41H,15-19H2,1-14H3,(H,38,44)/t20-,21?,22+,23?,24-,25?,26?,27-,29-,30-,32+,36-,37-/m1/s1. The van der Waals surface area contributed by atoms with Crippen LogP contribution in [-0.4, -0.2) is 133 Å². The molecule has 3 aliphatic rings. The van der Waals surface area contributed by atoms with E-state index >= 15 is 0 Å². The molecule has 0 aromatic carbocycles. The van der Waals surface area contributed by atoms with Gasteiger partial charge >= 0.3 is 18.2 Å². The number of aliphatic hydroxyl groups excluding tert-OH is 1. The molecule has 14 heteroatoms. The summed E-state index contributed by atoms with van der Waals surface area (Å²) >= 11 is 0. The number of nitrogens with one attached hydrogen (secondary N) is 1. The van der Waals surface area contributed by atoms with E-state index in [0.717, 1.165) is 0 Å². The minimum Gasteiger partial charge on any atom is -0.458 e. The molecule has 3 aliphatic heterocycles. The molecule has 2 N–H and O–H groups in total. The normalized spacial score (nSPS) is 40.4. The zero-order chi connectivity index (χ0) is 38.8. The smallest absolute Gasteiger partial charge is 0.410 e. The number of cyclic esters (lactones) is 1. The minimum atomic E-state index is -1.38. The second-order valence-corrected chi connectivity index (χ2v) is 16.6. The molecule has 3 heterocycles. The van der Waals surface area contributed by atoms with Crippen LogP contribution in [0.25, 0.3) is 0 Å². The van der Waals surface area contributed by atoms with Gasteiger partial charge in [0.2, 0.25) is 0 Å². The van der Waals surface area contributed by atoms with Crippen molar-refractivity contribution in [1.82, 2.24) is 15.1 Å². The number of ether oxygens (including phenoxy) is 6. The number of methoxy groups -OCH3 is 1. The number of fused-ring (bicyclic) bond motifs is 1. The first-order chi connectivity index (χ1) is 23.5. The monoisotopic (exact) mass is 727 g/mol. The van der Waals surface area contributed by atoms with Crippen molar-refractivity contribution in [3.63, 3.8) is 0 Å². The van der Waals surface area contributed by atoms with Crippen molar-refractivity contribution >= 4 is 23.9 Å². The number of esters is 1. The lowest BCUT2D eigenvalue weighted by Gasteiger charge is -2.47. The number of alkyl carbamates (subject to hydrolysis) is 1. The van der Waals surface area contributed by atoms with Gasteiger partial charge in [-0.15, -0.1) is 0 Å². The maximum atomic E-state index is 14.3. The highest BCUT2D eigenvalue weighted by atomic mass is 16.7. The first kappa shape index (κ1) is 42.9. The van der Waals surface area contributed by atoms with Crippen molar-refractivity contribution in [1.29, 1.82) is 0 Å². The second kappa shape index (κ2) is 16.7. The lowest BCUT2D eigenvalue weighted by molar-refractivity contribution is -0.286. The van der Waals surface area contributed by atoms with Crippen molar-refractivity contribution in [3.8, 4) is 0 Å². The summed E-state index contributed by atoms with van der Waals surface area (Å²) in [6, 6.07) is -1.45. The van der Waals surface area contributed by atoms with E-state index in [1.165, 1.54) is 6.92 Å². The molecule has 294 valence electrons. The summed E-state index contributed by atoms with van der Waals surface area (Å²) in [6.07, 6.45) is -3.25. The Hall–Kier alpha value is -2.52. The van der Waals surface area contributed by atoms with Crippen LogP contribution in [0.5, 0.6) is 0 Å². The van der Waals surface area contributed by atoms with Gasteiger partial charge in [-0.05, 0) is 87.7 Å². The highest BCUT2D eigenvalue weighted by Gasteiger charge is 2.57. The number of carbonyl (C=O) groups is 4. The highest BCUT2D eigenvalue weighted by molar-refractivity contribution is 6.00. The Morgan fingerprint density at radius 1 is 1.10 bits per heavy atom. The van der Waals surface area contributed by atoms with Crippen LogP contribution in [-0.2, 0) is 38.0 Å². The number of ketones is 1. The molecule has 3 fully saturated rings. The molecule has 14 nitrogen and oxygen atoms in total. The molecule has 13 atom stereocenters. The average Bonchev–Trinajstić information content (AvgIpc) is 3.36. The molecule has 0 aliphatic carbocycles. The molecule has 0 aromatic heterocycles. The summed E-state index contributed by atoms with van der Waals surface area (Å²) in [5.74, 6) is -3.66. The number of hydrogen-bond acceptors (Lipinski definition) is 12. The van der Waals surface area contributed by atoms with E-state index in [2.05, 4.69) is 10.2 Å². The lowest BCUT2D eigenvalue weighted by atomic mass is 9.78. The maximum Gasteiger partial charge on any atom is 0.410 e. The van der Waals surface area contributed by atoms with Gasteiger partial charge in [-0.1, -0.05) is 27.7 Å². The van der Waals surface area contributed by atoms with Crippen molar-refractivity contribution in [3.05, 3.63) is 0 Å². The van der Waals surface area contributed by atoms with E-state index in [-0.39, 0.29) is 37.5 Å². The molecular weight excluding hydrogens is 662 g/mol. The third-order valence-corrected chi connectivity index (χ3v) is 11.1. The topological polar surface area (TPSA) is 162 Å². The van der Waals surface area contributed by atoms with Crippen LogP contribution in [0.1, 0.15) is 95.4 Å². The van der Waals surface area contributed by atoms with Gasteiger partial charge in [-0.3, -0.25) is 9.59 Å². The quantitative estimate of drug-likeness (QED) is 0.229. The molecule has 0 spiro atoms. The van der Waals surface area contributed by atoms with Crippen LogP contribution in [0, 0.1) is 23.7 Å². The van der Waals surface area contributed by atoms with Gasteiger partial charge in [0.15, 0.2) is 17.7 Å². The number of aliphatic hydroxyl groups is 1. The molecular formula is C37H65N3O11. The van der Waals surface area contributed by atoms with Gasteiger partial charge in [0.05, 0.1) is 36.5 Å². The summed E-state index contributed by atoms with van der Waals surface area (Å²) in [5.41, 5.74) is -3.32. The predicted octanol–water partition coefficient (Wildman–Crippen LogP) is 4.15. The van der Waals surface area contributed by atoms with Gasteiger partial charge in [-0.2, -0.15) is 0 Å². The summed E-state index contributed by atoms with van der Waals surface area (Å²) in [6.45, 7) is 19.7. The molecule has 3 rings (SSSR count). The Kier molecular flexibility index (Phi) is 14.0. The van der Waals surface area contributed by atoms with E-state index < -0.39 is 89.3 Å². The molecule has 2 amide bonds. The summed E-state index contributed by atoms with van der Waals surface area (Å²) in [7, 11) is 5.48. The fraction of sp³-hybridized carbons (Fsp3) is 0.892.